The smallest absolute Gasteiger partial charge is 0.267 e. The second-order valence-electron chi connectivity index (χ2n) is 7.73. The standard InChI is InChI=1S/C23H22N6O2S/c1-5-19-24-20(31-27-19)15(4)32-23-26-25-22-28(17-11-10-13(2)12-14(17)3)21(30)16-8-6-7-9-18(16)29(22)23/h6-12,15H,5H2,1-4H3. The Kier molecular flexibility index (Phi) is 5.05. The third kappa shape index (κ3) is 3.29. The molecule has 0 fully saturated rings. The summed E-state index contributed by atoms with van der Waals surface area (Å²) in [5.41, 5.74) is 3.55. The summed E-state index contributed by atoms with van der Waals surface area (Å²) in [6.07, 6.45) is 0.710. The lowest BCUT2D eigenvalue weighted by molar-refractivity contribution is 0.375. The van der Waals surface area contributed by atoms with Gasteiger partial charge in [-0.3, -0.25) is 9.20 Å². The zero-order valence-corrected chi connectivity index (χ0v) is 19.1. The van der Waals surface area contributed by atoms with E-state index in [4.69, 9.17) is 4.52 Å². The van der Waals surface area contributed by atoms with Crippen molar-refractivity contribution in [2.75, 3.05) is 0 Å². The first-order valence-electron chi connectivity index (χ1n) is 10.4. The quantitative estimate of drug-likeness (QED) is 0.368. The van der Waals surface area contributed by atoms with Gasteiger partial charge >= 0.3 is 0 Å². The first-order chi connectivity index (χ1) is 15.5. The molecule has 3 aromatic heterocycles. The van der Waals surface area contributed by atoms with Crippen LogP contribution in [0.5, 0.6) is 0 Å². The number of hydrogen-bond acceptors (Lipinski definition) is 7. The molecule has 162 valence electrons. The number of para-hydroxylation sites is 1. The largest absolute Gasteiger partial charge is 0.338 e. The highest BCUT2D eigenvalue weighted by atomic mass is 32.2. The predicted octanol–water partition coefficient (Wildman–Crippen LogP) is 4.45. The van der Waals surface area contributed by atoms with Crippen LogP contribution in [0.2, 0.25) is 0 Å². The van der Waals surface area contributed by atoms with E-state index in [1.807, 2.05) is 68.5 Å². The number of hydrogen-bond donors (Lipinski definition) is 0. The van der Waals surface area contributed by atoms with Gasteiger partial charge in [-0.05, 0) is 44.5 Å². The third-order valence-corrected chi connectivity index (χ3v) is 6.45. The molecule has 3 heterocycles. The van der Waals surface area contributed by atoms with Crippen molar-refractivity contribution in [3.63, 3.8) is 0 Å². The first kappa shape index (κ1) is 20.4. The van der Waals surface area contributed by atoms with Crippen LogP contribution in [0, 0.1) is 13.8 Å². The molecule has 0 saturated heterocycles. The van der Waals surface area contributed by atoms with Gasteiger partial charge in [0.1, 0.15) is 0 Å². The van der Waals surface area contributed by atoms with Crippen LogP contribution in [-0.4, -0.2) is 29.3 Å². The van der Waals surface area contributed by atoms with Crippen LogP contribution < -0.4 is 5.56 Å². The van der Waals surface area contributed by atoms with Crippen LogP contribution in [0.25, 0.3) is 22.4 Å². The van der Waals surface area contributed by atoms with E-state index in [1.54, 1.807) is 4.57 Å². The van der Waals surface area contributed by atoms with Gasteiger partial charge < -0.3 is 4.52 Å². The van der Waals surface area contributed by atoms with Gasteiger partial charge in [0.25, 0.3) is 5.56 Å². The Morgan fingerprint density at radius 3 is 2.69 bits per heavy atom. The fourth-order valence-electron chi connectivity index (χ4n) is 3.81. The van der Waals surface area contributed by atoms with Crippen molar-refractivity contribution in [2.45, 2.75) is 44.5 Å². The molecule has 0 radical (unpaired) electrons. The van der Waals surface area contributed by atoms with Crippen molar-refractivity contribution in [2.24, 2.45) is 0 Å². The molecule has 32 heavy (non-hydrogen) atoms. The van der Waals surface area contributed by atoms with Gasteiger partial charge in [0.15, 0.2) is 11.0 Å². The highest BCUT2D eigenvalue weighted by Crippen LogP contribution is 2.34. The van der Waals surface area contributed by atoms with Crippen molar-refractivity contribution >= 4 is 28.4 Å². The number of nitrogens with zero attached hydrogens (tertiary/aromatic N) is 6. The fourth-order valence-corrected chi connectivity index (χ4v) is 4.70. The minimum Gasteiger partial charge on any atom is -0.338 e. The molecule has 5 rings (SSSR count). The summed E-state index contributed by atoms with van der Waals surface area (Å²) in [5, 5.41) is 14.0. The highest BCUT2D eigenvalue weighted by Gasteiger charge is 2.22. The second kappa shape index (κ2) is 7.90. The topological polar surface area (TPSA) is 91.1 Å². The second-order valence-corrected chi connectivity index (χ2v) is 9.04. The Morgan fingerprint density at radius 2 is 1.94 bits per heavy atom. The molecule has 9 heteroatoms. The van der Waals surface area contributed by atoms with Crippen LogP contribution in [0.15, 0.2) is 56.9 Å². The fraction of sp³-hybridized carbons (Fsp3) is 0.261. The Morgan fingerprint density at radius 1 is 1.12 bits per heavy atom. The molecular formula is C23H22N6O2S. The lowest BCUT2D eigenvalue weighted by atomic mass is 10.1. The van der Waals surface area contributed by atoms with Gasteiger partial charge in [-0.25, -0.2) is 4.57 Å². The Bertz CT molecular complexity index is 1520. The maximum atomic E-state index is 13.5. The number of aryl methyl sites for hydroxylation is 3. The van der Waals surface area contributed by atoms with Crippen LogP contribution in [0.3, 0.4) is 0 Å². The van der Waals surface area contributed by atoms with Crippen molar-refractivity contribution in [1.82, 2.24) is 29.3 Å². The number of benzene rings is 2. The van der Waals surface area contributed by atoms with E-state index < -0.39 is 0 Å². The molecule has 1 atom stereocenters. The van der Waals surface area contributed by atoms with Gasteiger partial charge in [0, 0.05) is 6.42 Å². The zero-order chi connectivity index (χ0) is 22.4. The maximum Gasteiger partial charge on any atom is 0.267 e. The highest BCUT2D eigenvalue weighted by molar-refractivity contribution is 7.99. The minimum absolute atomic E-state index is 0.124. The molecular weight excluding hydrogens is 424 g/mol. The molecule has 1 unspecified atom stereocenters. The summed E-state index contributed by atoms with van der Waals surface area (Å²) in [5.74, 6) is 1.68. The number of rotatable bonds is 5. The van der Waals surface area contributed by atoms with Gasteiger partial charge in [0.05, 0.1) is 21.8 Å². The van der Waals surface area contributed by atoms with Gasteiger partial charge in [0.2, 0.25) is 11.7 Å². The Hall–Kier alpha value is -3.46. The normalized spacial score (nSPS) is 12.6. The average molecular weight is 447 g/mol. The summed E-state index contributed by atoms with van der Waals surface area (Å²) in [7, 11) is 0. The van der Waals surface area contributed by atoms with Crippen LogP contribution in [0.4, 0.5) is 0 Å². The summed E-state index contributed by atoms with van der Waals surface area (Å²) < 4.78 is 8.97. The van der Waals surface area contributed by atoms with E-state index in [9.17, 15) is 4.79 Å². The summed E-state index contributed by atoms with van der Waals surface area (Å²) in [4.78, 5) is 17.9. The summed E-state index contributed by atoms with van der Waals surface area (Å²) in [6.45, 7) is 8.00. The van der Waals surface area contributed by atoms with E-state index in [0.717, 1.165) is 22.3 Å². The van der Waals surface area contributed by atoms with Crippen molar-refractivity contribution in [3.8, 4) is 5.69 Å². The van der Waals surface area contributed by atoms with Crippen molar-refractivity contribution in [3.05, 3.63) is 75.7 Å². The van der Waals surface area contributed by atoms with E-state index >= 15 is 0 Å². The van der Waals surface area contributed by atoms with Crippen LogP contribution in [-0.2, 0) is 6.42 Å². The lowest BCUT2D eigenvalue weighted by Crippen LogP contribution is -2.22. The van der Waals surface area contributed by atoms with Crippen LogP contribution in [0.1, 0.15) is 41.9 Å². The summed E-state index contributed by atoms with van der Waals surface area (Å²) in [6, 6.07) is 13.5. The van der Waals surface area contributed by atoms with Gasteiger partial charge in [-0.15, -0.1) is 10.2 Å². The zero-order valence-electron chi connectivity index (χ0n) is 18.2. The van der Waals surface area contributed by atoms with Gasteiger partial charge in [-0.1, -0.05) is 53.7 Å². The molecule has 0 aliphatic rings. The predicted molar refractivity (Wildman–Crippen MR) is 124 cm³/mol. The van der Waals surface area contributed by atoms with Crippen molar-refractivity contribution in [1.29, 1.82) is 0 Å². The number of aromatic nitrogens is 6. The SMILES string of the molecule is CCc1noc(C(C)Sc2nnc3n(-c4ccc(C)cc4C)c(=O)c4ccccc4n23)n1. The maximum absolute atomic E-state index is 13.5. The molecule has 8 nitrogen and oxygen atoms in total. The molecule has 0 N–H and O–H groups in total. The average Bonchev–Trinajstić information content (AvgIpc) is 3.43. The number of thioether (sulfide) groups is 1. The Balaban J connectivity index is 1.73. The molecule has 0 spiro atoms. The van der Waals surface area contributed by atoms with Crippen LogP contribution >= 0.6 is 11.8 Å². The third-order valence-electron chi connectivity index (χ3n) is 5.42. The molecule has 0 aliphatic heterocycles. The van der Waals surface area contributed by atoms with E-state index in [2.05, 4.69) is 26.4 Å². The monoisotopic (exact) mass is 446 g/mol. The molecule has 5 aromatic rings. The van der Waals surface area contributed by atoms with Gasteiger partial charge in [-0.2, -0.15) is 4.98 Å². The lowest BCUT2D eigenvalue weighted by Gasteiger charge is -2.14. The minimum atomic E-state index is -0.129. The molecule has 0 bridgehead atoms. The first-order valence-corrected chi connectivity index (χ1v) is 11.3. The Labute approximate surface area is 188 Å². The van der Waals surface area contributed by atoms with Crippen molar-refractivity contribution < 1.29 is 4.52 Å². The molecule has 0 saturated carbocycles. The molecule has 0 aliphatic carbocycles. The molecule has 2 aromatic carbocycles. The number of fused-ring (bicyclic) bond motifs is 3. The van der Waals surface area contributed by atoms with E-state index in [1.165, 1.54) is 11.8 Å². The summed E-state index contributed by atoms with van der Waals surface area (Å²) >= 11 is 1.47. The van der Waals surface area contributed by atoms with E-state index in [0.29, 0.717) is 34.5 Å². The molecule has 0 amide bonds. The van der Waals surface area contributed by atoms with E-state index in [-0.39, 0.29) is 10.8 Å².